The second-order valence-electron chi connectivity index (χ2n) is 7.67. The van der Waals surface area contributed by atoms with Crippen molar-refractivity contribution < 1.29 is 14.3 Å². The van der Waals surface area contributed by atoms with Crippen LogP contribution in [-0.2, 0) is 11.8 Å². The molecule has 1 heterocycles. The number of hydrogen-bond donors (Lipinski definition) is 0. The van der Waals surface area contributed by atoms with E-state index in [0.29, 0.717) is 22.7 Å². The lowest BCUT2D eigenvalue weighted by atomic mass is 10.00. The second kappa shape index (κ2) is 12.0. The zero-order valence-corrected chi connectivity index (χ0v) is 18.8. The summed E-state index contributed by atoms with van der Waals surface area (Å²) in [5.41, 5.74) is 1.58. The van der Waals surface area contributed by atoms with Gasteiger partial charge in [0.1, 0.15) is 5.69 Å². The SMILES string of the molecule is CCCCCCCCCCCC(=O)c1c(C(=O)OCC)n(C)c2ccc(Cl)cc12. The van der Waals surface area contributed by atoms with E-state index in [0.717, 1.165) is 30.2 Å². The molecule has 0 saturated carbocycles. The topological polar surface area (TPSA) is 48.3 Å². The molecule has 0 saturated heterocycles. The van der Waals surface area contributed by atoms with Gasteiger partial charge in [-0.1, -0.05) is 69.9 Å². The number of unbranched alkanes of at least 4 members (excludes halogenated alkanes) is 8. The summed E-state index contributed by atoms with van der Waals surface area (Å²) in [5, 5.41) is 1.28. The number of rotatable bonds is 13. The maximum Gasteiger partial charge on any atom is 0.355 e. The maximum absolute atomic E-state index is 13.1. The van der Waals surface area contributed by atoms with Crippen molar-refractivity contribution in [1.82, 2.24) is 4.57 Å². The van der Waals surface area contributed by atoms with E-state index in [4.69, 9.17) is 16.3 Å². The Hall–Kier alpha value is -1.81. The molecule has 0 fully saturated rings. The minimum atomic E-state index is -0.460. The van der Waals surface area contributed by atoms with Crippen molar-refractivity contribution in [3.8, 4) is 0 Å². The summed E-state index contributed by atoms with van der Waals surface area (Å²) in [5.74, 6) is -0.471. The number of aromatic nitrogens is 1. The van der Waals surface area contributed by atoms with Gasteiger partial charge in [-0.25, -0.2) is 4.79 Å². The number of aryl methyl sites for hydroxylation is 1. The molecule has 0 unspecified atom stereocenters. The highest BCUT2D eigenvalue weighted by atomic mass is 35.5. The Morgan fingerprint density at radius 3 is 2.21 bits per heavy atom. The van der Waals surface area contributed by atoms with Gasteiger partial charge >= 0.3 is 5.97 Å². The lowest BCUT2D eigenvalue weighted by molar-refractivity contribution is 0.0512. The average molecular weight is 420 g/mol. The van der Waals surface area contributed by atoms with Crippen LogP contribution in [0.25, 0.3) is 10.9 Å². The number of halogens is 1. The number of carbonyl (C=O) groups is 2. The van der Waals surface area contributed by atoms with Gasteiger partial charge in [-0.3, -0.25) is 4.79 Å². The number of ether oxygens (including phenoxy) is 1. The summed E-state index contributed by atoms with van der Waals surface area (Å²) in [6.45, 7) is 4.27. The quantitative estimate of drug-likeness (QED) is 0.197. The van der Waals surface area contributed by atoms with E-state index < -0.39 is 5.97 Å². The molecule has 0 bridgehead atoms. The van der Waals surface area contributed by atoms with Gasteiger partial charge < -0.3 is 9.30 Å². The molecule has 29 heavy (non-hydrogen) atoms. The third kappa shape index (κ3) is 6.33. The Kier molecular flexibility index (Phi) is 9.72. The number of fused-ring (bicyclic) bond motifs is 1. The molecule has 0 aliphatic heterocycles. The monoisotopic (exact) mass is 419 g/mol. The van der Waals surface area contributed by atoms with Gasteiger partial charge in [-0.15, -0.1) is 0 Å². The zero-order valence-electron chi connectivity index (χ0n) is 18.1. The Morgan fingerprint density at radius 1 is 0.966 bits per heavy atom. The molecule has 0 N–H and O–H groups in total. The van der Waals surface area contributed by atoms with Crippen LogP contribution in [0.5, 0.6) is 0 Å². The molecule has 160 valence electrons. The highest BCUT2D eigenvalue weighted by Gasteiger charge is 2.26. The van der Waals surface area contributed by atoms with Gasteiger partial charge in [0.25, 0.3) is 0 Å². The maximum atomic E-state index is 13.1. The Balaban J connectivity index is 2.03. The molecule has 0 radical (unpaired) electrons. The van der Waals surface area contributed by atoms with Crippen molar-refractivity contribution in [3.63, 3.8) is 0 Å². The minimum Gasteiger partial charge on any atom is -0.461 e. The van der Waals surface area contributed by atoms with Crippen LogP contribution in [0.15, 0.2) is 18.2 Å². The molecule has 0 aliphatic carbocycles. The van der Waals surface area contributed by atoms with Gasteiger partial charge in [-0.2, -0.15) is 0 Å². The van der Waals surface area contributed by atoms with Crippen LogP contribution in [0.2, 0.25) is 5.02 Å². The summed E-state index contributed by atoms with van der Waals surface area (Å²) in [6.07, 6.45) is 11.2. The van der Waals surface area contributed by atoms with E-state index >= 15 is 0 Å². The first-order valence-electron chi connectivity index (χ1n) is 11.0. The summed E-state index contributed by atoms with van der Waals surface area (Å²) >= 11 is 6.17. The molecular formula is C24H34ClNO3. The number of Topliss-reactive ketones (excluding diaryl/α,β-unsaturated/α-hetero) is 1. The van der Waals surface area contributed by atoms with Crippen molar-refractivity contribution in [2.24, 2.45) is 7.05 Å². The molecule has 1 aromatic heterocycles. The van der Waals surface area contributed by atoms with Crippen LogP contribution in [0, 0.1) is 0 Å². The van der Waals surface area contributed by atoms with E-state index in [1.807, 2.05) is 6.07 Å². The van der Waals surface area contributed by atoms with Crippen LogP contribution in [0.4, 0.5) is 0 Å². The molecular weight excluding hydrogens is 386 g/mol. The number of benzene rings is 1. The normalized spacial score (nSPS) is 11.2. The molecule has 0 atom stereocenters. The number of ketones is 1. The van der Waals surface area contributed by atoms with Gasteiger partial charge in [0.15, 0.2) is 5.78 Å². The first-order valence-corrected chi connectivity index (χ1v) is 11.4. The fourth-order valence-corrected chi connectivity index (χ4v) is 4.03. The summed E-state index contributed by atoms with van der Waals surface area (Å²) in [6, 6.07) is 5.38. The van der Waals surface area contributed by atoms with Crippen molar-refractivity contribution in [3.05, 3.63) is 34.5 Å². The van der Waals surface area contributed by atoms with Crippen molar-refractivity contribution in [2.45, 2.75) is 78.1 Å². The van der Waals surface area contributed by atoms with Gasteiger partial charge in [0.05, 0.1) is 12.2 Å². The second-order valence-corrected chi connectivity index (χ2v) is 8.10. The van der Waals surface area contributed by atoms with E-state index in [1.165, 1.54) is 38.5 Å². The first-order chi connectivity index (χ1) is 14.0. The van der Waals surface area contributed by atoms with Crippen LogP contribution < -0.4 is 0 Å². The molecule has 4 nitrogen and oxygen atoms in total. The van der Waals surface area contributed by atoms with Crippen LogP contribution in [0.3, 0.4) is 0 Å². The first kappa shape index (κ1) is 23.5. The Bertz CT molecular complexity index is 825. The standard InChI is InChI=1S/C24H34ClNO3/c1-4-6-7-8-9-10-11-12-13-14-21(27)22-19-17-18(25)15-16-20(19)26(3)23(22)24(28)29-5-2/h15-17H,4-14H2,1-3H3. The summed E-state index contributed by atoms with van der Waals surface area (Å²) < 4.78 is 6.96. The predicted octanol–water partition coefficient (Wildman–Crippen LogP) is 7.11. The lowest BCUT2D eigenvalue weighted by Gasteiger charge is -2.07. The molecule has 0 amide bonds. The van der Waals surface area contributed by atoms with Gasteiger partial charge in [-0.05, 0) is 31.5 Å². The molecule has 2 rings (SSSR count). The highest BCUT2D eigenvalue weighted by Crippen LogP contribution is 2.30. The van der Waals surface area contributed by atoms with E-state index in [2.05, 4.69) is 6.92 Å². The average Bonchev–Trinajstić information content (AvgIpc) is 2.98. The smallest absolute Gasteiger partial charge is 0.355 e. The van der Waals surface area contributed by atoms with Gasteiger partial charge in [0, 0.05) is 29.4 Å². The van der Waals surface area contributed by atoms with Crippen LogP contribution in [0.1, 0.15) is 98.9 Å². The fraction of sp³-hybridized carbons (Fsp3) is 0.583. The number of esters is 1. The van der Waals surface area contributed by atoms with Crippen molar-refractivity contribution >= 4 is 34.3 Å². The third-order valence-corrected chi connectivity index (χ3v) is 5.65. The van der Waals surface area contributed by atoms with E-state index in [1.54, 1.807) is 30.7 Å². The Morgan fingerprint density at radius 2 is 1.59 bits per heavy atom. The molecule has 2 aromatic rings. The number of nitrogens with zero attached hydrogens (tertiary/aromatic N) is 1. The highest BCUT2D eigenvalue weighted by molar-refractivity contribution is 6.31. The predicted molar refractivity (Wildman–Crippen MR) is 120 cm³/mol. The summed E-state index contributed by atoms with van der Waals surface area (Å²) in [7, 11) is 1.79. The van der Waals surface area contributed by atoms with E-state index in [9.17, 15) is 9.59 Å². The molecule has 1 aromatic carbocycles. The van der Waals surface area contributed by atoms with Crippen molar-refractivity contribution in [1.29, 1.82) is 0 Å². The lowest BCUT2D eigenvalue weighted by Crippen LogP contribution is -2.14. The Labute approximate surface area is 179 Å². The van der Waals surface area contributed by atoms with Gasteiger partial charge in [0.2, 0.25) is 0 Å². The number of hydrogen-bond acceptors (Lipinski definition) is 3. The largest absolute Gasteiger partial charge is 0.461 e. The summed E-state index contributed by atoms with van der Waals surface area (Å²) in [4.78, 5) is 25.6. The van der Waals surface area contributed by atoms with Crippen molar-refractivity contribution in [2.75, 3.05) is 6.61 Å². The molecule has 0 aliphatic rings. The fourth-order valence-electron chi connectivity index (χ4n) is 3.86. The number of carbonyl (C=O) groups excluding carboxylic acids is 2. The third-order valence-electron chi connectivity index (χ3n) is 5.42. The molecule has 0 spiro atoms. The van der Waals surface area contributed by atoms with E-state index in [-0.39, 0.29) is 12.4 Å². The zero-order chi connectivity index (χ0) is 21.2. The van der Waals surface area contributed by atoms with Crippen LogP contribution >= 0.6 is 11.6 Å². The molecule has 5 heteroatoms. The van der Waals surface area contributed by atoms with Crippen LogP contribution in [-0.4, -0.2) is 22.9 Å². The minimum absolute atomic E-state index is 0.0103.